The maximum absolute atomic E-state index is 12.3. The first-order valence-corrected chi connectivity index (χ1v) is 8.00. The first-order valence-electron chi connectivity index (χ1n) is 8.00. The molecule has 0 aromatic heterocycles. The summed E-state index contributed by atoms with van der Waals surface area (Å²) in [5.41, 5.74) is 2.56. The van der Waals surface area contributed by atoms with Crippen molar-refractivity contribution in [2.24, 2.45) is 11.3 Å². The van der Waals surface area contributed by atoms with E-state index in [9.17, 15) is 4.79 Å². The zero-order chi connectivity index (χ0) is 17.6. The van der Waals surface area contributed by atoms with Gasteiger partial charge in [-0.15, -0.1) is 0 Å². The van der Waals surface area contributed by atoms with Crippen LogP contribution < -0.4 is 0 Å². The van der Waals surface area contributed by atoms with Gasteiger partial charge >= 0.3 is 5.97 Å². The summed E-state index contributed by atoms with van der Waals surface area (Å²) in [6.45, 7) is 17.3. The fourth-order valence-electron chi connectivity index (χ4n) is 1.97. The van der Waals surface area contributed by atoms with Gasteiger partial charge in [-0.1, -0.05) is 69.5 Å². The number of ether oxygens (including phenoxy) is 1. The second-order valence-corrected chi connectivity index (χ2v) is 6.61. The Morgan fingerprint density at radius 3 is 2.13 bits per heavy atom. The van der Waals surface area contributed by atoms with E-state index in [1.54, 1.807) is 12.2 Å². The van der Waals surface area contributed by atoms with E-state index in [0.29, 0.717) is 0 Å². The van der Waals surface area contributed by atoms with E-state index in [0.717, 1.165) is 16.7 Å². The number of hydrogen-bond donors (Lipinski definition) is 0. The molecule has 0 amide bonds. The van der Waals surface area contributed by atoms with Crippen LogP contribution in [0.5, 0.6) is 0 Å². The van der Waals surface area contributed by atoms with Gasteiger partial charge < -0.3 is 4.74 Å². The van der Waals surface area contributed by atoms with Gasteiger partial charge in [0, 0.05) is 0 Å². The molecule has 0 radical (unpaired) electrons. The largest absolute Gasteiger partial charge is 0.457 e. The molecule has 2 nitrogen and oxygen atoms in total. The molecule has 0 heterocycles. The smallest absolute Gasteiger partial charge is 0.312 e. The van der Waals surface area contributed by atoms with Gasteiger partial charge in [0.15, 0.2) is 0 Å². The van der Waals surface area contributed by atoms with Crippen LogP contribution in [0.1, 0.15) is 51.8 Å². The average molecular weight is 312 g/mol. The van der Waals surface area contributed by atoms with E-state index >= 15 is 0 Å². The number of rotatable bonds is 7. The molecule has 1 atom stereocenters. The molecule has 0 saturated heterocycles. The lowest BCUT2D eigenvalue weighted by atomic mass is 9.81. The van der Waals surface area contributed by atoms with Crippen molar-refractivity contribution in [2.45, 2.75) is 40.7 Å². The summed E-state index contributed by atoms with van der Waals surface area (Å²) in [6.07, 6.45) is 5.18. The summed E-state index contributed by atoms with van der Waals surface area (Å²) in [6, 6.07) is 7.97. The molecule has 124 valence electrons. The molecular weight excluding hydrogens is 284 g/mol. The molecule has 0 aliphatic carbocycles. The van der Waals surface area contributed by atoms with Gasteiger partial charge in [-0.25, -0.2) is 0 Å². The lowest BCUT2D eigenvalue weighted by Gasteiger charge is -2.28. The Bertz CT molecular complexity index is 589. The number of carbonyl (C=O) groups is 1. The van der Waals surface area contributed by atoms with E-state index in [2.05, 4.69) is 13.2 Å². The molecule has 1 aromatic rings. The Hall–Kier alpha value is -2.09. The summed E-state index contributed by atoms with van der Waals surface area (Å²) in [4.78, 5) is 12.3. The third-order valence-corrected chi connectivity index (χ3v) is 4.48. The van der Waals surface area contributed by atoms with Gasteiger partial charge in [-0.3, -0.25) is 4.79 Å². The van der Waals surface area contributed by atoms with Gasteiger partial charge in [0.2, 0.25) is 0 Å². The number of benzene rings is 1. The molecular formula is C21H28O2. The molecule has 0 aliphatic heterocycles. The summed E-state index contributed by atoms with van der Waals surface area (Å²) in [5.74, 6) is 0.0613. The van der Waals surface area contributed by atoms with Crippen LogP contribution in [0, 0.1) is 11.3 Å². The second kappa shape index (κ2) is 7.96. The highest BCUT2D eigenvalue weighted by Crippen LogP contribution is 2.30. The lowest BCUT2D eigenvalue weighted by Crippen LogP contribution is -2.32. The van der Waals surface area contributed by atoms with Crippen LogP contribution in [0.3, 0.4) is 0 Å². The van der Waals surface area contributed by atoms with Crippen LogP contribution in [0.4, 0.5) is 0 Å². The van der Waals surface area contributed by atoms with Crippen LogP contribution in [0.15, 0.2) is 55.7 Å². The van der Waals surface area contributed by atoms with E-state index in [-0.39, 0.29) is 18.0 Å². The van der Waals surface area contributed by atoms with Crippen LogP contribution in [0.2, 0.25) is 0 Å². The molecule has 0 fully saturated rings. The topological polar surface area (TPSA) is 26.3 Å². The third kappa shape index (κ3) is 4.69. The molecule has 1 unspecified atom stereocenters. The third-order valence-electron chi connectivity index (χ3n) is 4.48. The minimum atomic E-state index is -0.489. The van der Waals surface area contributed by atoms with Crippen molar-refractivity contribution >= 4 is 11.5 Å². The Morgan fingerprint density at radius 2 is 1.70 bits per heavy atom. The SMILES string of the molecule is C=C/C=C(\C=C)c1ccc(C(C)OC(=O)C(C)(C)C(C)C)cc1. The molecule has 0 bridgehead atoms. The fraction of sp³-hybridized carbons (Fsp3) is 0.381. The maximum Gasteiger partial charge on any atom is 0.312 e. The second-order valence-electron chi connectivity index (χ2n) is 6.61. The van der Waals surface area contributed by atoms with Gasteiger partial charge in [-0.05, 0) is 43.4 Å². The van der Waals surface area contributed by atoms with Crippen LogP contribution in [-0.4, -0.2) is 5.97 Å². The van der Waals surface area contributed by atoms with Crippen molar-refractivity contribution in [2.75, 3.05) is 0 Å². The minimum absolute atomic E-state index is 0.164. The number of allylic oxidation sites excluding steroid dienone is 4. The molecule has 1 rings (SSSR count). The van der Waals surface area contributed by atoms with Crippen molar-refractivity contribution in [1.29, 1.82) is 0 Å². The van der Waals surface area contributed by atoms with Gasteiger partial charge in [-0.2, -0.15) is 0 Å². The predicted octanol–water partition coefficient (Wildman–Crippen LogP) is 5.73. The molecule has 0 N–H and O–H groups in total. The van der Waals surface area contributed by atoms with Gasteiger partial charge in [0.05, 0.1) is 5.41 Å². The molecule has 0 spiro atoms. The Balaban J connectivity index is 2.88. The highest BCUT2D eigenvalue weighted by atomic mass is 16.5. The zero-order valence-corrected chi connectivity index (χ0v) is 14.9. The van der Waals surface area contributed by atoms with E-state index in [1.807, 2.05) is 65.0 Å². The van der Waals surface area contributed by atoms with Gasteiger partial charge in [0.25, 0.3) is 0 Å². The van der Waals surface area contributed by atoms with Gasteiger partial charge in [0.1, 0.15) is 6.10 Å². The van der Waals surface area contributed by atoms with Crippen LogP contribution in [0.25, 0.3) is 5.57 Å². The number of esters is 1. The first-order chi connectivity index (χ1) is 10.7. The molecule has 23 heavy (non-hydrogen) atoms. The highest BCUT2D eigenvalue weighted by molar-refractivity contribution is 5.77. The standard InChI is InChI=1S/C21H28O2/c1-8-10-17(9-2)19-13-11-18(12-14-19)16(5)23-20(22)21(6,7)15(3)4/h8-16H,1-2H2,3-7H3/b17-10+. The number of carbonyl (C=O) groups excluding carboxylic acids is 1. The molecule has 0 aliphatic rings. The first kappa shape index (κ1) is 19.0. The quantitative estimate of drug-likeness (QED) is 0.475. The normalized spacial score (nSPS) is 13.6. The Labute approximate surface area is 140 Å². The van der Waals surface area contributed by atoms with Crippen LogP contribution in [-0.2, 0) is 9.53 Å². The number of hydrogen-bond acceptors (Lipinski definition) is 2. The van der Waals surface area contributed by atoms with Crippen molar-refractivity contribution < 1.29 is 9.53 Å². The molecule has 1 aromatic carbocycles. The predicted molar refractivity (Wildman–Crippen MR) is 97.9 cm³/mol. The summed E-state index contributed by atoms with van der Waals surface area (Å²) in [7, 11) is 0. The minimum Gasteiger partial charge on any atom is -0.457 e. The Kier molecular flexibility index (Phi) is 6.56. The van der Waals surface area contributed by atoms with Crippen molar-refractivity contribution in [1.82, 2.24) is 0 Å². The van der Waals surface area contributed by atoms with Crippen LogP contribution >= 0.6 is 0 Å². The average Bonchev–Trinajstić information content (AvgIpc) is 2.52. The highest BCUT2D eigenvalue weighted by Gasteiger charge is 2.34. The zero-order valence-electron chi connectivity index (χ0n) is 14.9. The van der Waals surface area contributed by atoms with E-state index in [1.165, 1.54) is 0 Å². The summed E-state index contributed by atoms with van der Waals surface area (Å²) in [5, 5.41) is 0. The summed E-state index contributed by atoms with van der Waals surface area (Å²) < 4.78 is 5.65. The molecule has 0 saturated carbocycles. The van der Waals surface area contributed by atoms with Crippen molar-refractivity contribution in [3.63, 3.8) is 0 Å². The van der Waals surface area contributed by atoms with Crippen molar-refractivity contribution in [3.05, 3.63) is 66.8 Å². The lowest BCUT2D eigenvalue weighted by molar-refractivity contribution is -0.161. The maximum atomic E-state index is 12.3. The summed E-state index contributed by atoms with van der Waals surface area (Å²) >= 11 is 0. The van der Waals surface area contributed by atoms with E-state index < -0.39 is 5.41 Å². The molecule has 2 heteroatoms. The fourth-order valence-corrected chi connectivity index (χ4v) is 1.97. The van der Waals surface area contributed by atoms with E-state index in [4.69, 9.17) is 4.74 Å². The van der Waals surface area contributed by atoms with Crippen molar-refractivity contribution in [3.8, 4) is 0 Å². The monoisotopic (exact) mass is 312 g/mol. The Morgan fingerprint density at radius 1 is 1.13 bits per heavy atom.